The third-order valence-corrected chi connectivity index (χ3v) is 3.46. The summed E-state index contributed by atoms with van der Waals surface area (Å²) in [5.74, 6) is 0. The number of nitrogens with one attached hydrogen (secondary N) is 1. The van der Waals surface area contributed by atoms with E-state index in [4.69, 9.17) is 0 Å². The van der Waals surface area contributed by atoms with Crippen LogP contribution in [0.1, 0.15) is 24.0 Å². The molecule has 1 aliphatic rings. The smallest absolute Gasteiger partial charge is 0.0715 e. The van der Waals surface area contributed by atoms with Gasteiger partial charge in [-0.1, -0.05) is 6.07 Å². The average molecular weight is 234 g/mol. The molecule has 0 bridgehead atoms. The molecular formula is C14H22N2O. The first-order valence-electron chi connectivity index (χ1n) is 6.38. The molecule has 1 heterocycles. The summed E-state index contributed by atoms with van der Waals surface area (Å²) in [4.78, 5) is 2.28. The molecule has 1 fully saturated rings. The van der Waals surface area contributed by atoms with Gasteiger partial charge in [0.15, 0.2) is 0 Å². The summed E-state index contributed by atoms with van der Waals surface area (Å²) in [5.41, 5.74) is 3.90. The lowest BCUT2D eigenvalue weighted by atomic mass is 10.0. The topological polar surface area (TPSA) is 35.5 Å². The number of β-amino-alcohol motifs (C(OH)–C–C–N with tert-alkyl or cyclic N) is 1. The van der Waals surface area contributed by atoms with Crippen LogP contribution in [0.4, 0.5) is 5.69 Å². The van der Waals surface area contributed by atoms with Gasteiger partial charge in [0.25, 0.3) is 0 Å². The SMILES string of the molecule is CNCc1ccc(N2CCCC(O)C2)cc1C. The minimum Gasteiger partial charge on any atom is -0.391 e. The predicted octanol–water partition coefficient (Wildman–Crippen LogP) is 1.68. The third kappa shape index (κ3) is 2.99. The molecule has 0 radical (unpaired) electrons. The van der Waals surface area contributed by atoms with E-state index in [2.05, 4.69) is 35.3 Å². The van der Waals surface area contributed by atoms with Crippen LogP contribution in [0.25, 0.3) is 0 Å². The van der Waals surface area contributed by atoms with Gasteiger partial charge in [-0.05, 0) is 50.1 Å². The molecule has 1 aromatic rings. The maximum atomic E-state index is 9.70. The maximum Gasteiger partial charge on any atom is 0.0715 e. The molecule has 1 atom stereocenters. The molecule has 2 rings (SSSR count). The Morgan fingerprint density at radius 1 is 1.47 bits per heavy atom. The molecule has 3 heteroatoms. The Labute approximate surface area is 103 Å². The lowest BCUT2D eigenvalue weighted by Crippen LogP contribution is -2.38. The Morgan fingerprint density at radius 3 is 2.94 bits per heavy atom. The number of hydrogen-bond donors (Lipinski definition) is 2. The summed E-state index contributed by atoms with van der Waals surface area (Å²) in [6.07, 6.45) is 1.85. The zero-order valence-electron chi connectivity index (χ0n) is 10.7. The average Bonchev–Trinajstić information content (AvgIpc) is 2.32. The van der Waals surface area contributed by atoms with Gasteiger partial charge in [0.2, 0.25) is 0 Å². The summed E-state index contributed by atoms with van der Waals surface area (Å²) in [7, 11) is 1.97. The van der Waals surface area contributed by atoms with Crippen molar-refractivity contribution in [3.8, 4) is 0 Å². The van der Waals surface area contributed by atoms with Gasteiger partial charge in [-0.2, -0.15) is 0 Å². The Bertz CT molecular complexity index is 378. The molecule has 94 valence electrons. The van der Waals surface area contributed by atoms with Crippen LogP contribution in [-0.2, 0) is 6.54 Å². The summed E-state index contributed by atoms with van der Waals surface area (Å²) in [6.45, 7) is 4.89. The molecule has 1 aromatic carbocycles. The van der Waals surface area contributed by atoms with Crippen molar-refractivity contribution in [3.63, 3.8) is 0 Å². The normalized spacial score (nSPS) is 20.6. The number of anilines is 1. The molecule has 17 heavy (non-hydrogen) atoms. The van der Waals surface area contributed by atoms with E-state index in [0.29, 0.717) is 0 Å². The number of aliphatic hydroxyl groups is 1. The molecule has 0 aliphatic carbocycles. The Kier molecular flexibility index (Phi) is 4.02. The largest absolute Gasteiger partial charge is 0.391 e. The number of benzene rings is 1. The molecule has 1 unspecified atom stereocenters. The molecule has 0 aromatic heterocycles. The van der Waals surface area contributed by atoms with Crippen LogP contribution in [0, 0.1) is 6.92 Å². The lowest BCUT2D eigenvalue weighted by Gasteiger charge is -2.32. The molecular weight excluding hydrogens is 212 g/mol. The predicted molar refractivity (Wildman–Crippen MR) is 71.4 cm³/mol. The molecule has 1 aliphatic heterocycles. The number of nitrogens with zero attached hydrogens (tertiary/aromatic N) is 1. The van der Waals surface area contributed by atoms with E-state index in [1.807, 2.05) is 7.05 Å². The summed E-state index contributed by atoms with van der Waals surface area (Å²) in [5, 5.41) is 12.9. The van der Waals surface area contributed by atoms with Crippen LogP contribution in [-0.4, -0.2) is 31.3 Å². The van der Waals surface area contributed by atoms with E-state index in [-0.39, 0.29) is 6.10 Å². The summed E-state index contributed by atoms with van der Waals surface area (Å²) < 4.78 is 0. The zero-order valence-corrected chi connectivity index (χ0v) is 10.7. The van der Waals surface area contributed by atoms with Crippen molar-refractivity contribution in [1.29, 1.82) is 0 Å². The van der Waals surface area contributed by atoms with Crippen molar-refractivity contribution in [2.75, 3.05) is 25.0 Å². The van der Waals surface area contributed by atoms with E-state index in [0.717, 1.165) is 32.5 Å². The van der Waals surface area contributed by atoms with Crippen molar-refractivity contribution in [2.24, 2.45) is 0 Å². The van der Waals surface area contributed by atoms with Crippen molar-refractivity contribution in [1.82, 2.24) is 5.32 Å². The van der Waals surface area contributed by atoms with E-state index in [1.54, 1.807) is 0 Å². The lowest BCUT2D eigenvalue weighted by molar-refractivity contribution is 0.154. The Hall–Kier alpha value is -1.06. The number of rotatable bonds is 3. The van der Waals surface area contributed by atoms with Gasteiger partial charge in [-0.25, -0.2) is 0 Å². The minimum absolute atomic E-state index is 0.166. The fourth-order valence-corrected chi connectivity index (χ4v) is 2.45. The molecule has 3 nitrogen and oxygen atoms in total. The molecule has 0 spiro atoms. The highest BCUT2D eigenvalue weighted by molar-refractivity contribution is 5.51. The van der Waals surface area contributed by atoms with Gasteiger partial charge in [0.05, 0.1) is 6.10 Å². The van der Waals surface area contributed by atoms with E-state index >= 15 is 0 Å². The van der Waals surface area contributed by atoms with Crippen LogP contribution in [0.3, 0.4) is 0 Å². The van der Waals surface area contributed by atoms with E-state index in [9.17, 15) is 5.11 Å². The third-order valence-electron chi connectivity index (χ3n) is 3.46. The monoisotopic (exact) mass is 234 g/mol. The van der Waals surface area contributed by atoms with Crippen LogP contribution >= 0.6 is 0 Å². The van der Waals surface area contributed by atoms with Gasteiger partial charge in [0.1, 0.15) is 0 Å². The quantitative estimate of drug-likeness (QED) is 0.835. The highest BCUT2D eigenvalue weighted by Crippen LogP contribution is 2.22. The first-order valence-corrected chi connectivity index (χ1v) is 6.38. The van der Waals surface area contributed by atoms with Crippen molar-refractivity contribution in [3.05, 3.63) is 29.3 Å². The molecule has 0 saturated carbocycles. The first kappa shape index (κ1) is 12.4. The van der Waals surface area contributed by atoms with Crippen LogP contribution < -0.4 is 10.2 Å². The fourth-order valence-electron chi connectivity index (χ4n) is 2.45. The number of piperidine rings is 1. The van der Waals surface area contributed by atoms with Crippen molar-refractivity contribution in [2.45, 2.75) is 32.4 Å². The number of aliphatic hydroxyl groups excluding tert-OH is 1. The second-order valence-electron chi connectivity index (χ2n) is 4.88. The second-order valence-corrected chi connectivity index (χ2v) is 4.88. The first-order chi connectivity index (χ1) is 8.20. The van der Waals surface area contributed by atoms with Crippen molar-refractivity contribution < 1.29 is 5.11 Å². The van der Waals surface area contributed by atoms with Gasteiger partial charge < -0.3 is 15.3 Å². The molecule has 2 N–H and O–H groups in total. The van der Waals surface area contributed by atoms with Crippen LogP contribution in [0.2, 0.25) is 0 Å². The summed E-state index contributed by atoms with van der Waals surface area (Å²) in [6, 6.07) is 6.57. The van der Waals surface area contributed by atoms with Gasteiger partial charge in [0, 0.05) is 25.3 Å². The van der Waals surface area contributed by atoms with Gasteiger partial charge in [-0.15, -0.1) is 0 Å². The maximum absolute atomic E-state index is 9.70. The number of aryl methyl sites for hydroxylation is 1. The van der Waals surface area contributed by atoms with Gasteiger partial charge >= 0.3 is 0 Å². The van der Waals surface area contributed by atoms with Crippen LogP contribution in [0.5, 0.6) is 0 Å². The molecule has 0 amide bonds. The standard InChI is InChI=1S/C14H22N2O/c1-11-8-13(6-5-12(11)9-15-2)16-7-3-4-14(17)10-16/h5-6,8,14-15,17H,3-4,7,9-10H2,1-2H3. The van der Waals surface area contributed by atoms with Crippen molar-refractivity contribution >= 4 is 5.69 Å². The highest BCUT2D eigenvalue weighted by atomic mass is 16.3. The minimum atomic E-state index is -0.166. The van der Waals surface area contributed by atoms with Crippen LogP contribution in [0.15, 0.2) is 18.2 Å². The van der Waals surface area contributed by atoms with Gasteiger partial charge in [-0.3, -0.25) is 0 Å². The highest BCUT2D eigenvalue weighted by Gasteiger charge is 2.18. The van der Waals surface area contributed by atoms with E-state index in [1.165, 1.54) is 16.8 Å². The zero-order chi connectivity index (χ0) is 12.3. The Morgan fingerprint density at radius 2 is 2.29 bits per heavy atom. The molecule has 1 saturated heterocycles. The van der Waals surface area contributed by atoms with E-state index < -0.39 is 0 Å². The number of hydrogen-bond acceptors (Lipinski definition) is 3. The Balaban J connectivity index is 2.13. The fraction of sp³-hybridized carbons (Fsp3) is 0.571. The second kappa shape index (κ2) is 5.52. The summed E-state index contributed by atoms with van der Waals surface area (Å²) >= 11 is 0.